The summed E-state index contributed by atoms with van der Waals surface area (Å²) < 4.78 is 0. The Bertz CT molecular complexity index is 89.5. The predicted octanol–water partition coefficient (Wildman–Crippen LogP) is -0.715. The van der Waals surface area contributed by atoms with Crippen LogP contribution < -0.4 is 0 Å². The van der Waals surface area contributed by atoms with Crippen LogP contribution in [-0.2, 0) is 65.3 Å². The Morgan fingerprint density at radius 1 is 0.533 bits per heavy atom. The van der Waals surface area contributed by atoms with Crippen LogP contribution in [0.4, 0.5) is 0 Å². The summed E-state index contributed by atoms with van der Waals surface area (Å²) in [5.74, 6) is 0. The Labute approximate surface area is 79.1 Å². The lowest BCUT2D eigenvalue weighted by atomic mass is 11.8. The second kappa shape index (κ2) is 13.4. The molecule has 0 aliphatic heterocycles. The van der Waals surface area contributed by atoms with Gasteiger partial charge in [0.1, 0.15) is 0 Å². The molecule has 0 atom stereocenters. The fourth-order valence-corrected chi connectivity index (χ4v) is 0.142. The van der Waals surface area contributed by atoms with Crippen molar-refractivity contribution in [1.29, 1.82) is 0 Å². The highest BCUT2D eigenvalue weighted by Crippen LogP contribution is 1.90. The van der Waals surface area contributed by atoms with Crippen molar-refractivity contribution in [1.82, 2.24) is 0 Å². The summed E-state index contributed by atoms with van der Waals surface area (Å²) in [7, 11) is 1.12. The monoisotopic (exact) mass is 240 g/mol. The topological polar surface area (TPSA) is 140 Å². The number of rotatable bonds is 12. The quantitative estimate of drug-likeness (QED) is 0.260. The summed E-state index contributed by atoms with van der Waals surface area (Å²) in [6.45, 7) is 0. The Morgan fingerprint density at radius 2 is 0.867 bits per heavy atom. The zero-order valence-corrected chi connectivity index (χ0v) is 6.75. The van der Waals surface area contributed by atoms with Crippen molar-refractivity contribution in [3.8, 4) is 0 Å². The molecule has 14 heteroatoms. The van der Waals surface area contributed by atoms with E-state index in [0.29, 0.717) is 0 Å². The molecule has 1 N–H and O–H groups in total. The molecule has 0 amide bonds. The van der Waals surface area contributed by atoms with E-state index in [9.17, 15) is 0 Å². The van der Waals surface area contributed by atoms with Gasteiger partial charge in [-0.1, -0.05) is 0 Å². The molecule has 0 aliphatic rings. The fraction of sp³-hybridized carbons (Fsp3) is 1.00. The van der Waals surface area contributed by atoms with Crippen LogP contribution in [0.2, 0.25) is 0 Å². The Hall–Kier alpha value is -0.560. The van der Waals surface area contributed by atoms with Crippen LogP contribution in [-0.4, -0.2) is 12.4 Å². The molecular formula is CH4O14. The van der Waals surface area contributed by atoms with Crippen molar-refractivity contribution >= 4 is 0 Å². The van der Waals surface area contributed by atoms with Gasteiger partial charge < -0.3 is 0 Å². The number of hydrogen-bond acceptors (Lipinski definition) is 14. The van der Waals surface area contributed by atoms with Gasteiger partial charge >= 0.3 is 0 Å². The zero-order chi connectivity index (χ0) is 11.2. The summed E-state index contributed by atoms with van der Waals surface area (Å²) in [5, 5.41) is 48.5. The van der Waals surface area contributed by atoms with Crippen LogP contribution in [0.5, 0.6) is 0 Å². The molecule has 0 unspecified atom stereocenters. The van der Waals surface area contributed by atoms with Crippen molar-refractivity contribution in [2.24, 2.45) is 0 Å². The SMILES string of the molecule is COOOOOOOOOOOOOO. The van der Waals surface area contributed by atoms with E-state index in [0.717, 1.165) is 7.11 Å². The summed E-state index contributed by atoms with van der Waals surface area (Å²) in [5.41, 5.74) is 0. The van der Waals surface area contributed by atoms with Crippen LogP contribution in [0.3, 0.4) is 0 Å². The molecule has 0 rings (SSSR count). The maximum absolute atomic E-state index is 7.46. The fourth-order valence-electron chi connectivity index (χ4n) is 0.142. The molecule has 0 fully saturated rings. The van der Waals surface area contributed by atoms with Crippen molar-refractivity contribution in [3.05, 3.63) is 0 Å². The average Bonchev–Trinajstić information content (AvgIpc) is 2.26. The lowest BCUT2D eigenvalue weighted by molar-refractivity contribution is -0.874. The van der Waals surface area contributed by atoms with Crippen molar-refractivity contribution in [2.75, 3.05) is 7.11 Å². The molecule has 0 saturated heterocycles. The molecule has 0 aromatic carbocycles. The first kappa shape index (κ1) is 14.4. The van der Waals surface area contributed by atoms with E-state index >= 15 is 0 Å². The molecule has 92 valence electrons. The third-order valence-corrected chi connectivity index (χ3v) is 0.376. The highest BCUT2D eigenvalue weighted by atomic mass is 18.0. The Kier molecular flexibility index (Phi) is 12.9. The Morgan fingerprint density at radius 3 is 1.20 bits per heavy atom. The van der Waals surface area contributed by atoms with Gasteiger partial charge in [-0.3, -0.25) is 0 Å². The summed E-state index contributed by atoms with van der Waals surface area (Å²) in [4.78, 5) is 3.86. The van der Waals surface area contributed by atoms with Gasteiger partial charge in [-0.25, -0.2) is 10.1 Å². The van der Waals surface area contributed by atoms with Crippen LogP contribution in [0, 0.1) is 0 Å². The van der Waals surface area contributed by atoms with Crippen LogP contribution in [0.25, 0.3) is 0 Å². The van der Waals surface area contributed by atoms with Gasteiger partial charge in [-0.15, -0.1) is 0 Å². The highest BCUT2D eigenvalue weighted by Gasteiger charge is 1.97. The van der Waals surface area contributed by atoms with Crippen LogP contribution >= 0.6 is 0 Å². The van der Waals surface area contributed by atoms with Gasteiger partial charge in [0.15, 0.2) is 0 Å². The van der Waals surface area contributed by atoms with E-state index < -0.39 is 0 Å². The minimum Gasteiger partial charge on any atom is -0.219 e. The maximum atomic E-state index is 7.46. The number of hydrogen-bond donors (Lipinski definition) is 1. The maximum Gasteiger partial charge on any atom is 0.0745 e. The first-order valence-corrected chi connectivity index (χ1v) is 2.59. The lowest BCUT2D eigenvalue weighted by Gasteiger charge is -1.97. The predicted molar refractivity (Wildman–Crippen MR) is 22.7 cm³/mol. The summed E-state index contributed by atoms with van der Waals surface area (Å²) in [6.07, 6.45) is 0. The van der Waals surface area contributed by atoms with E-state index in [4.69, 9.17) is 5.26 Å². The molecule has 0 spiro atoms. The van der Waals surface area contributed by atoms with E-state index in [1.807, 2.05) is 0 Å². The van der Waals surface area contributed by atoms with Gasteiger partial charge in [0.25, 0.3) is 0 Å². The van der Waals surface area contributed by atoms with Gasteiger partial charge in [0.05, 0.1) is 7.11 Å². The molecule has 0 radical (unpaired) electrons. The summed E-state index contributed by atoms with van der Waals surface area (Å²) in [6, 6.07) is 0. The lowest BCUT2D eigenvalue weighted by Crippen LogP contribution is -2.03. The molecule has 0 aromatic heterocycles. The van der Waals surface area contributed by atoms with Gasteiger partial charge in [0, 0.05) is 0 Å². The smallest absolute Gasteiger partial charge is 0.0745 e. The van der Waals surface area contributed by atoms with E-state index in [1.54, 1.807) is 0 Å². The van der Waals surface area contributed by atoms with Crippen LogP contribution in [0.1, 0.15) is 0 Å². The molecule has 0 aromatic rings. The third kappa shape index (κ3) is 13.4. The molecule has 15 heavy (non-hydrogen) atoms. The zero-order valence-electron chi connectivity index (χ0n) is 6.75. The summed E-state index contributed by atoms with van der Waals surface area (Å²) >= 11 is 0. The highest BCUT2D eigenvalue weighted by molar-refractivity contribution is 3.35. The normalized spacial score (nSPS) is 10.8. The van der Waals surface area contributed by atoms with Crippen molar-refractivity contribution in [3.63, 3.8) is 0 Å². The molecule has 0 bridgehead atoms. The second-order valence-corrected chi connectivity index (χ2v) is 0.990. The standard InChI is InChI=1S/CH4O14/c1-3-5-7-9-11-13-15-14-12-10-8-6-4-2/h2H,1H3. The first-order valence-electron chi connectivity index (χ1n) is 2.59. The minimum atomic E-state index is 1.12. The van der Waals surface area contributed by atoms with E-state index in [-0.39, 0.29) is 0 Å². The van der Waals surface area contributed by atoms with E-state index in [1.165, 1.54) is 0 Å². The first-order chi connectivity index (χ1) is 7.41. The molecule has 0 saturated carbocycles. The molecule has 0 heterocycles. The third-order valence-electron chi connectivity index (χ3n) is 0.376. The largest absolute Gasteiger partial charge is 0.219 e. The van der Waals surface area contributed by atoms with Crippen LogP contribution in [0.15, 0.2) is 0 Å². The van der Waals surface area contributed by atoms with Gasteiger partial charge in [-0.2, -0.15) is 0 Å². The van der Waals surface area contributed by atoms with Gasteiger partial charge in [-0.05, 0) is 60.5 Å². The second-order valence-electron chi connectivity index (χ2n) is 0.990. The van der Waals surface area contributed by atoms with E-state index in [2.05, 4.69) is 65.3 Å². The Balaban J connectivity index is 2.81. The van der Waals surface area contributed by atoms with Crippen molar-refractivity contribution in [2.45, 2.75) is 0 Å². The van der Waals surface area contributed by atoms with Crippen molar-refractivity contribution < 1.29 is 70.6 Å². The van der Waals surface area contributed by atoms with Gasteiger partial charge in [0.2, 0.25) is 0 Å². The molecule has 0 aliphatic carbocycles. The molecular weight excluding hydrogens is 236 g/mol. The minimum absolute atomic E-state index is 1.12. The molecule has 14 nitrogen and oxygen atoms in total. The average molecular weight is 240 g/mol.